The number of carbonyl (C=O) groups excluding carboxylic acids is 2. The van der Waals surface area contributed by atoms with Crippen LogP contribution in [0.2, 0.25) is 0 Å². The Bertz CT molecular complexity index is 839. The van der Waals surface area contributed by atoms with Gasteiger partial charge in [-0.25, -0.2) is 0 Å². The highest BCUT2D eigenvalue weighted by atomic mass is 16.5. The first-order valence-electron chi connectivity index (χ1n) is 9.49. The number of nitrogens with zero attached hydrogens (tertiary/aromatic N) is 1. The monoisotopic (exact) mass is 365 g/mol. The quantitative estimate of drug-likeness (QED) is 0.573. The summed E-state index contributed by atoms with van der Waals surface area (Å²) in [5, 5.41) is 0. The maximum absolute atomic E-state index is 12.5. The van der Waals surface area contributed by atoms with Gasteiger partial charge in [-0.2, -0.15) is 0 Å². The van der Waals surface area contributed by atoms with Crippen molar-refractivity contribution in [1.29, 1.82) is 0 Å². The highest BCUT2D eigenvalue weighted by Crippen LogP contribution is 2.30. The molecule has 3 rings (SSSR count). The Morgan fingerprint density at radius 3 is 2.52 bits per heavy atom. The summed E-state index contributed by atoms with van der Waals surface area (Å²) in [5.41, 5.74) is 3.23. The summed E-state index contributed by atoms with van der Waals surface area (Å²) in [4.78, 5) is 26.6. The van der Waals surface area contributed by atoms with Gasteiger partial charge >= 0.3 is 5.97 Å². The van der Waals surface area contributed by atoms with E-state index in [2.05, 4.69) is 20.8 Å². The second kappa shape index (κ2) is 7.55. The molecule has 0 saturated carbocycles. The van der Waals surface area contributed by atoms with Gasteiger partial charge in [-0.3, -0.25) is 9.59 Å². The molecule has 1 aliphatic heterocycles. The van der Waals surface area contributed by atoms with Gasteiger partial charge < -0.3 is 9.64 Å². The van der Waals surface area contributed by atoms with E-state index in [1.54, 1.807) is 4.90 Å². The Labute approximate surface area is 161 Å². The molecule has 27 heavy (non-hydrogen) atoms. The smallest absolute Gasteiger partial charge is 0.316 e. The van der Waals surface area contributed by atoms with E-state index >= 15 is 0 Å². The zero-order valence-electron chi connectivity index (χ0n) is 16.5. The zero-order chi connectivity index (χ0) is 19.6. The molecule has 1 aliphatic rings. The molecule has 0 N–H and O–H groups in total. The summed E-state index contributed by atoms with van der Waals surface area (Å²) in [5.74, 6) is -0.300. The molecule has 1 amide bonds. The van der Waals surface area contributed by atoms with Crippen LogP contribution in [0.4, 0.5) is 5.69 Å². The van der Waals surface area contributed by atoms with Crippen LogP contribution in [0.3, 0.4) is 0 Å². The number of carbonyl (C=O) groups is 2. The topological polar surface area (TPSA) is 46.6 Å². The van der Waals surface area contributed by atoms with Crippen LogP contribution in [0.5, 0.6) is 5.75 Å². The highest BCUT2D eigenvalue weighted by Gasteiger charge is 2.36. The molecule has 1 heterocycles. The third-order valence-electron chi connectivity index (χ3n) is 5.51. The molecule has 1 saturated heterocycles. The average Bonchev–Trinajstić information content (AvgIpc) is 3.04. The standard InChI is InChI=1S/C23H27NO3/c1-5-23(3,4)18-9-11-20(12-10-18)27-22(26)17-14-21(25)24(15-17)19-8-6-7-16(2)13-19/h6-13,17H,5,14-15H2,1-4H3/t17-/m1/s1. The Hall–Kier alpha value is -2.62. The SMILES string of the molecule is CCC(C)(C)c1ccc(OC(=O)[C@@H]2CC(=O)N(c3cccc(C)c3)C2)cc1. The van der Waals surface area contributed by atoms with E-state index in [4.69, 9.17) is 4.74 Å². The van der Waals surface area contributed by atoms with E-state index in [-0.39, 0.29) is 23.7 Å². The van der Waals surface area contributed by atoms with Crippen molar-refractivity contribution in [3.05, 3.63) is 59.7 Å². The van der Waals surface area contributed by atoms with Crippen LogP contribution in [0.25, 0.3) is 0 Å². The van der Waals surface area contributed by atoms with E-state index in [1.807, 2.05) is 55.5 Å². The normalized spacial score (nSPS) is 17.3. The second-order valence-corrected chi connectivity index (χ2v) is 7.93. The molecular weight excluding hydrogens is 338 g/mol. The van der Waals surface area contributed by atoms with Gasteiger partial charge in [-0.15, -0.1) is 0 Å². The van der Waals surface area contributed by atoms with Gasteiger partial charge in [0.1, 0.15) is 5.75 Å². The average molecular weight is 365 g/mol. The highest BCUT2D eigenvalue weighted by molar-refractivity contribution is 5.99. The fourth-order valence-corrected chi connectivity index (χ4v) is 3.29. The summed E-state index contributed by atoms with van der Waals surface area (Å²) < 4.78 is 5.54. The van der Waals surface area contributed by atoms with Crippen LogP contribution < -0.4 is 9.64 Å². The number of amides is 1. The Morgan fingerprint density at radius 1 is 1.19 bits per heavy atom. The van der Waals surface area contributed by atoms with Crippen LogP contribution in [0.1, 0.15) is 44.7 Å². The molecule has 2 aromatic rings. The van der Waals surface area contributed by atoms with Crippen molar-refractivity contribution < 1.29 is 14.3 Å². The number of esters is 1. The molecule has 2 aromatic carbocycles. The van der Waals surface area contributed by atoms with E-state index in [9.17, 15) is 9.59 Å². The van der Waals surface area contributed by atoms with Gasteiger partial charge in [0.2, 0.25) is 5.91 Å². The molecule has 1 atom stereocenters. The van der Waals surface area contributed by atoms with E-state index in [0.717, 1.165) is 17.7 Å². The first-order valence-corrected chi connectivity index (χ1v) is 9.49. The first kappa shape index (κ1) is 19.2. The van der Waals surface area contributed by atoms with Gasteiger partial charge in [0.05, 0.1) is 5.92 Å². The Morgan fingerprint density at radius 2 is 1.89 bits per heavy atom. The lowest BCUT2D eigenvalue weighted by Crippen LogP contribution is -2.27. The number of benzene rings is 2. The molecule has 4 heteroatoms. The number of ether oxygens (including phenoxy) is 1. The molecule has 0 radical (unpaired) electrons. The fourth-order valence-electron chi connectivity index (χ4n) is 3.29. The molecule has 142 valence electrons. The lowest BCUT2D eigenvalue weighted by molar-refractivity contribution is -0.139. The van der Waals surface area contributed by atoms with Crippen molar-refractivity contribution in [3.8, 4) is 5.75 Å². The van der Waals surface area contributed by atoms with Crippen LogP contribution in [0, 0.1) is 12.8 Å². The van der Waals surface area contributed by atoms with Crippen molar-refractivity contribution in [2.24, 2.45) is 5.92 Å². The summed E-state index contributed by atoms with van der Waals surface area (Å²) in [7, 11) is 0. The molecule has 1 fully saturated rings. The number of hydrogen-bond donors (Lipinski definition) is 0. The molecular formula is C23H27NO3. The molecule has 0 bridgehead atoms. The predicted octanol–water partition coefficient (Wildman–Crippen LogP) is 4.64. The van der Waals surface area contributed by atoms with Gasteiger partial charge in [0, 0.05) is 18.7 Å². The fraction of sp³-hybridized carbons (Fsp3) is 0.391. The second-order valence-electron chi connectivity index (χ2n) is 7.93. The summed E-state index contributed by atoms with van der Waals surface area (Å²) in [6.45, 7) is 8.89. The van der Waals surface area contributed by atoms with Gasteiger partial charge in [-0.05, 0) is 54.2 Å². The van der Waals surface area contributed by atoms with Gasteiger partial charge in [0.15, 0.2) is 0 Å². The van der Waals surface area contributed by atoms with Crippen LogP contribution >= 0.6 is 0 Å². The maximum Gasteiger partial charge on any atom is 0.316 e. The third-order valence-corrected chi connectivity index (χ3v) is 5.51. The lowest BCUT2D eigenvalue weighted by atomic mass is 9.82. The van der Waals surface area contributed by atoms with Gasteiger partial charge in [-0.1, -0.05) is 45.0 Å². The van der Waals surface area contributed by atoms with Crippen molar-refractivity contribution in [2.45, 2.75) is 46.0 Å². The molecule has 0 unspecified atom stereocenters. The zero-order valence-corrected chi connectivity index (χ0v) is 16.5. The van der Waals surface area contributed by atoms with Crippen LogP contribution in [0.15, 0.2) is 48.5 Å². The largest absolute Gasteiger partial charge is 0.426 e. The minimum atomic E-state index is -0.440. The Balaban J connectivity index is 1.66. The molecule has 0 aliphatic carbocycles. The van der Waals surface area contributed by atoms with E-state index in [1.165, 1.54) is 5.56 Å². The summed E-state index contributed by atoms with van der Waals surface area (Å²) in [6.07, 6.45) is 1.22. The van der Waals surface area contributed by atoms with Gasteiger partial charge in [0.25, 0.3) is 0 Å². The van der Waals surface area contributed by atoms with E-state index < -0.39 is 5.92 Å². The van der Waals surface area contributed by atoms with Crippen molar-refractivity contribution >= 4 is 17.6 Å². The molecule has 4 nitrogen and oxygen atoms in total. The first-order chi connectivity index (χ1) is 12.8. The molecule has 0 aromatic heterocycles. The number of rotatable bonds is 5. The summed E-state index contributed by atoms with van der Waals surface area (Å²) in [6, 6.07) is 15.4. The minimum Gasteiger partial charge on any atom is -0.426 e. The number of aryl methyl sites for hydroxylation is 1. The lowest BCUT2D eigenvalue weighted by Gasteiger charge is -2.23. The van der Waals surface area contributed by atoms with Crippen LogP contribution in [-0.2, 0) is 15.0 Å². The van der Waals surface area contributed by atoms with Crippen molar-refractivity contribution in [3.63, 3.8) is 0 Å². The van der Waals surface area contributed by atoms with E-state index in [0.29, 0.717) is 12.3 Å². The predicted molar refractivity (Wildman–Crippen MR) is 107 cm³/mol. The number of hydrogen-bond acceptors (Lipinski definition) is 3. The third kappa shape index (κ3) is 4.21. The maximum atomic E-state index is 12.5. The summed E-state index contributed by atoms with van der Waals surface area (Å²) >= 11 is 0. The molecule has 0 spiro atoms. The Kier molecular flexibility index (Phi) is 5.36. The van der Waals surface area contributed by atoms with Crippen LogP contribution in [-0.4, -0.2) is 18.4 Å². The van der Waals surface area contributed by atoms with Crippen molar-refractivity contribution in [1.82, 2.24) is 0 Å². The minimum absolute atomic E-state index is 0.0393. The van der Waals surface area contributed by atoms with Crippen molar-refractivity contribution in [2.75, 3.05) is 11.4 Å². The number of anilines is 1.